The number of unbranched alkanes of at least 4 members (excludes halogenated alkanes) is 42. The van der Waals surface area contributed by atoms with Crippen molar-refractivity contribution in [2.24, 2.45) is 16.2 Å². The summed E-state index contributed by atoms with van der Waals surface area (Å²) >= 11 is 0. The van der Waals surface area contributed by atoms with E-state index in [2.05, 4.69) is 73.2 Å². The zero-order valence-electron chi connectivity index (χ0n) is 53.4. The van der Waals surface area contributed by atoms with Gasteiger partial charge < -0.3 is 16.0 Å². The summed E-state index contributed by atoms with van der Waals surface area (Å²) in [5.74, 6) is -0.00837. The summed E-state index contributed by atoms with van der Waals surface area (Å²) in [5, 5.41) is 9.88. The van der Waals surface area contributed by atoms with Gasteiger partial charge in [0.05, 0.1) is 0 Å². The number of allylic oxidation sites excluding steroid dienone is 6. The predicted octanol–water partition coefficient (Wildman–Crippen LogP) is 22.0. The van der Waals surface area contributed by atoms with Crippen LogP contribution in [0.1, 0.15) is 369 Å². The standard InChI is InChI=1S/C72H135N3O3/c1-7-10-13-16-19-22-25-28-31-34-37-40-43-46-49-52-55-58-61-73-67(76)70(4)64-71(5,68(77)74-62-59-56-53-50-47-44-41-38-35-32-29-26-23-20-17-14-11-8-2)66-72(6,65-70)69(78)75-63-60-57-54-51-48-45-42-39-36-33-30-27-24-21-18-15-12-9-3/h34-39H,7-33,40-66H2,1-6H3,(H,73,76)(H,74,77)(H,75,78). The molecular weight excluding hydrogens is 955 g/mol. The Kier molecular flexibility index (Phi) is 49.7. The minimum absolute atomic E-state index is 0.00279. The summed E-state index contributed by atoms with van der Waals surface area (Å²) in [6.45, 7) is 14.8. The zero-order valence-corrected chi connectivity index (χ0v) is 53.4. The van der Waals surface area contributed by atoms with Crippen LogP contribution in [0.5, 0.6) is 0 Å². The lowest BCUT2D eigenvalue weighted by Gasteiger charge is -2.50. The highest BCUT2D eigenvalue weighted by Crippen LogP contribution is 2.55. The third kappa shape index (κ3) is 41.6. The number of rotatable bonds is 57. The topological polar surface area (TPSA) is 87.3 Å². The molecule has 0 saturated heterocycles. The van der Waals surface area contributed by atoms with Crippen molar-refractivity contribution in [1.82, 2.24) is 16.0 Å². The van der Waals surface area contributed by atoms with Crippen LogP contribution in [-0.2, 0) is 14.4 Å². The molecule has 0 radical (unpaired) electrons. The molecule has 0 aromatic heterocycles. The number of hydrogen-bond acceptors (Lipinski definition) is 3. The molecule has 0 aliphatic heterocycles. The molecule has 0 aromatic carbocycles. The number of carbonyl (C=O) groups is 3. The van der Waals surface area contributed by atoms with E-state index in [4.69, 9.17) is 0 Å². The van der Waals surface area contributed by atoms with Gasteiger partial charge in [-0.15, -0.1) is 0 Å². The number of hydrogen-bond donors (Lipinski definition) is 3. The van der Waals surface area contributed by atoms with E-state index in [1.54, 1.807) is 0 Å². The quantitative estimate of drug-likeness (QED) is 0.0419. The maximum Gasteiger partial charge on any atom is 0.226 e. The first kappa shape index (κ1) is 73.6. The van der Waals surface area contributed by atoms with Crippen molar-refractivity contribution < 1.29 is 14.4 Å². The van der Waals surface area contributed by atoms with Crippen molar-refractivity contribution in [3.63, 3.8) is 0 Å². The predicted molar refractivity (Wildman–Crippen MR) is 343 cm³/mol. The van der Waals surface area contributed by atoms with Crippen LogP contribution in [0.2, 0.25) is 0 Å². The van der Waals surface area contributed by atoms with Crippen molar-refractivity contribution in [3.05, 3.63) is 36.5 Å². The van der Waals surface area contributed by atoms with Gasteiger partial charge in [-0.2, -0.15) is 0 Å². The Balaban J connectivity index is 2.54. The zero-order chi connectivity index (χ0) is 56.8. The van der Waals surface area contributed by atoms with Crippen LogP contribution in [0, 0.1) is 16.2 Å². The highest BCUT2D eigenvalue weighted by molar-refractivity contribution is 5.90. The summed E-state index contributed by atoms with van der Waals surface area (Å²) in [5.41, 5.74) is -2.45. The summed E-state index contributed by atoms with van der Waals surface area (Å²) in [6, 6.07) is 0. The lowest BCUT2D eigenvalue weighted by molar-refractivity contribution is -0.154. The molecule has 0 atom stereocenters. The highest BCUT2D eigenvalue weighted by atomic mass is 16.2. The largest absolute Gasteiger partial charge is 0.356 e. The minimum atomic E-state index is -0.816. The number of nitrogens with one attached hydrogen (secondary N) is 3. The summed E-state index contributed by atoms with van der Waals surface area (Å²) in [6.07, 6.45) is 77.3. The first-order valence-corrected chi connectivity index (χ1v) is 34.9. The van der Waals surface area contributed by atoms with Crippen molar-refractivity contribution in [1.29, 1.82) is 0 Å². The lowest BCUT2D eigenvalue weighted by Crippen LogP contribution is -2.58. The molecule has 78 heavy (non-hydrogen) atoms. The van der Waals surface area contributed by atoms with E-state index in [9.17, 15) is 14.4 Å². The van der Waals surface area contributed by atoms with Gasteiger partial charge in [0.25, 0.3) is 0 Å². The van der Waals surface area contributed by atoms with E-state index in [1.165, 1.54) is 270 Å². The Morgan fingerprint density at radius 3 is 0.590 bits per heavy atom. The Morgan fingerprint density at radius 1 is 0.256 bits per heavy atom. The molecule has 0 heterocycles. The second kappa shape index (κ2) is 52.7. The lowest BCUT2D eigenvalue weighted by atomic mass is 9.53. The molecule has 1 rings (SSSR count). The van der Waals surface area contributed by atoms with Crippen LogP contribution in [0.3, 0.4) is 0 Å². The molecule has 6 heteroatoms. The Bertz CT molecular complexity index is 1290. The minimum Gasteiger partial charge on any atom is -0.356 e. The molecule has 0 unspecified atom stereocenters. The summed E-state index contributed by atoms with van der Waals surface area (Å²) in [7, 11) is 0. The second-order valence-electron chi connectivity index (χ2n) is 25.9. The van der Waals surface area contributed by atoms with Crippen LogP contribution in [0.15, 0.2) is 36.5 Å². The van der Waals surface area contributed by atoms with Gasteiger partial charge in [-0.3, -0.25) is 14.4 Å². The fourth-order valence-corrected chi connectivity index (χ4v) is 12.7. The molecule has 3 N–H and O–H groups in total. The molecule has 3 amide bonds. The third-order valence-corrected chi connectivity index (χ3v) is 17.4. The van der Waals surface area contributed by atoms with Crippen molar-refractivity contribution >= 4 is 17.7 Å². The molecule has 1 fully saturated rings. The van der Waals surface area contributed by atoms with E-state index >= 15 is 0 Å². The Morgan fingerprint density at radius 2 is 0.410 bits per heavy atom. The second-order valence-corrected chi connectivity index (χ2v) is 25.9. The summed E-state index contributed by atoms with van der Waals surface area (Å²) < 4.78 is 0. The van der Waals surface area contributed by atoms with E-state index in [0.717, 1.165) is 38.5 Å². The first-order chi connectivity index (χ1) is 38.1. The molecule has 0 aromatic rings. The average Bonchev–Trinajstić information content (AvgIpc) is 3.55. The van der Waals surface area contributed by atoms with E-state index in [1.807, 2.05) is 20.8 Å². The van der Waals surface area contributed by atoms with Crippen LogP contribution in [0.25, 0.3) is 0 Å². The van der Waals surface area contributed by atoms with Crippen LogP contribution in [0.4, 0.5) is 0 Å². The number of amides is 3. The SMILES string of the molecule is CCCCCCCCCCC=CCCCCCCCCNC(=O)C1(C)CC(C)(C(=O)NCCCCCCCCC=CCCCCCCCCCC)CC(C)(C(=O)NCCCCCCCCC=CCCCCCCCCCC)C1. The fourth-order valence-electron chi connectivity index (χ4n) is 12.7. The van der Waals surface area contributed by atoms with Gasteiger partial charge in [-0.05, 0) is 116 Å². The first-order valence-electron chi connectivity index (χ1n) is 34.9. The monoisotopic (exact) mass is 1090 g/mol. The van der Waals surface area contributed by atoms with Crippen molar-refractivity contribution in [2.75, 3.05) is 19.6 Å². The molecule has 1 aliphatic carbocycles. The van der Waals surface area contributed by atoms with E-state index < -0.39 is 16.2 Å². The molecule has 1 aliphatic rings. The van der Waals surface area contributed by atoms with Crippen LogP contribution in [-0.4, -0.2) is 37.4 Å². The normalized spacial score (nSPS) is 18.7. The maximum atomic E-state index is 14.2. The van der Waals surface area contributed by atoms with Crippen LogP contribution < -0.4 is 16.0 Å². The summed E-state index contributed by atoms with van der Waals surface area (Å²) in [4.78, 5) is 42.7. The molecular formula is C72H135N3O3. The fraction of sp³-hybridized carbons (Fsp3) is 0.875. The third-order valence-electron chi connectivity index (χ3n) is 17.4. The van der Waals surface area contributed by atoms with Gasteiger partial charge in [0.15, 0.2) is 0 Å². The molecule has 456 valence electrons. The average molecular weight is 1090 g/mol. The van der Waals surface area contributed by atoms with Gasteiger partial charge in [0.2, 0.25) is 17.7 Å². The Labute approximate surface area is 487 Å². The molecule has 6 nitrogen and oxygen atoms in total. The van der Waals surface area contributed by atoms with Gasteiger partial charge >= 0.3 is 0 Å². The van der Waals surface area contributed by atoms with Gasteiger partial charge in [-0.25, -0.2) is 0 Å². The van der Waals surface area contributed by atoms with Gasteiger partial charge in [-0.1, -0.05) is 290 Å². The maximum absolute atomic E-state index is 14.2. The Hall–Kier alpha value is -2.37. The van der Waals surface area contributed by atoms with Gasteiger partial charge in [0.1, 0.15) is 0 Å². The van der Waals surface area contributed by atoms with Crippen LogP contribution >= 0.6 is 0 Å². The van der Waals surface area contributed by atoms with Crippen molar-refractivity contribution in [2.45, 2.75) is 369 Å². The molecule has 1 saturated carbocycles. The highest BCUT2D eigenvalue weighted by Gasteiger charge is 2.57. The van der Waals surface area contributed by atoms with E-state index in [-0.39, 0.29) is 17.7 Å². The number of carbonyl (C=O) groups excluding carboxylic acids is 3. The van der Waals surface area contributed by atoms with Gasteiger partial charge in [0, 0.05) is 35.9 Å². The molecule has 0 bridgehead atoms. The van der Waals surface area contributed by atoms with E-state index in [0.29, 0.717) is 38.9 Å². The smallest absolute Gasteiger partial charge is 0.226 e. The molecule has 0 spiro atoms. The van der Waals surface area contributed by atoms with Crippen molar-refractivity contribution in [3.8, 4) is 0 Å².